The summed E-state index contributed by atoms with van der Waals surface area (Å²) in [7, 11) is 0. The second-order valence-electron chi connectivity index (χ2n) is 4.67. The highest BCUT2D eigenvalue weighted by Gasteiger charge is 2.10. The Bertz CT molecular complexity index is 706. The molecule has 102 valence electrons. The second-order valence-corrected chi connectivity index (χ2v) is 4.67. The van der Waals surface area contributed by atoms with Crippen LogP contribution in [0.2, 0.25) is 0 Å². The lowest BCUT2D eigenvalue weighted by Gasteiger charge is -2.12. The van der Waals surface area contributed by atoms with E-state index < -0.39 is 6.10 Å². The molecule has 0 saturated carbocycles. The maximum atomic E-state index is 10.1. The SMILES string of the molecule is Cc1ccc(C(O)COn2nnc3ccccc32)cc1. The maximum absolute atomic E-state index is 10.1. The molecule has 5 heteroatoms. The highest BCUT2D eigenvalue weighted by atomic mass is 16.7. The Morgan fingerprint density at radius 3 is 2.70 bits per heavy atom. The van der Waals surface area contributed by atoms with Gasteiger partial charge in [0, 0.05) is 0 Å². The van der Waals surface area contributed by atoms with Crippen LogP contribution in [0.25, 0.3) is 11.0 Å². The summed E-state index contributed by atoms with van der Waals surface area (Å²) in [6.07, 6.45) is -0.696. The molecule has 5 nitrogen and oxygen atoms in total. The lowest BCUT2D eigenvalue weighted by molar-refractivity contribution is 0.0136. The molecule has 1 N–H and O–H groups in total. The highest BCUT2D eigenvalue weighted by Crippen LogP contribution is 2.14. The summed E-state index contributed by atoms with van der Waals surface area (Å²) in [5.74, 6) is 0. The van der Waals surface area contributed by atoms with Gasteiger partial charge in [0.05, 0.1) is 0 Å². The van der Waals surface area contributed by atoms with Gasteiger partial charge in [-0.3, -0.25) is 0 Å². The van der Waals surface area contributed by atoms with E-state index in [0.717, 1.165) is 22.2 Å². The van der Waals surface area contributed by atoms with Gasteiger partial charge in [0.1, 0.15) is 23.7 Å². The predicted octanol–water partition coefficient (Wildman–Crippen LogP) is 1.90. The van der Waals surface area contributed by atoms with Crippen molar-refractivity contribution in [2.45, 2.75) is 13.0 Å². The Hall–Kier alpha value is -2.40. The number of aliphatic hydroxyl groups excluding tert-OH is 1. The largest absolute Gasteiger partial charge is 0.392 e. The molecule has 1 aromatic heterocycles. The standard InChI is InChI=1S/C15H15N3O2/c1-11-6-8-12(9-7-11)15(19)10-20-18-14-5-3-2-4-13(14)16-17-18/h2-9,15,19H,10H2,1H3. The molecule has 0 bridgehead atoms. The number of para-hydroxylation sites is 1. The summed E-state index contributed by atoms with van der Waals surface area (Å²) in [5, 5.41) is 18.0. The van der Waals surface area contributed by atoms with E-state index >= 15 is 0 Å². The molecule has 0 amide bonds. The molecule has 20 heavy (non-hydrogen) atoms. The molecule has 2 aromatic carbocycles. The van der Waals surface area contributed by atoms with Crippen LogP contribution in [0.5, 0.6) is 0 Å². The number of aryl methyl sites for hydroxylation is 1. The van der Waals surface area contributed by atoms with Crippen molar-refractivity contribution in [1.82, 2.24) is 15.2 Å². The fraction of sp³-hybridized carbons (Fsp3) is 0.200. The van der Waals surface area contributed by atoms with Crippen LogP contribution >= 0.6 is 0 Å². The minimum Gasteiger partial charge on any atom is -0.392 e. The van der Waals surface area contributed by atoms with Crippen molar-refractivity contribution in [3.05, 3.63) is 59.7 Å². The van der Waals surface area contributed by atoms with E-state index in [4.69, 9.17) is 4.84 Å². The van der Waals surface area contributed by atoms with Crippen molar-refractivity contribution in [3.63, 3.8) is 0 Å². The van der Waals surface area contributed by atoms with Gasteiger partial charge in [-0.25, -0.2) is 0 Å². The smallest absolute Gasteiger partial charge is 0.147 e. The van der Waals surface area contributed by atoms with Crippen molar-refractivity contribution in [2.24, 2.45) is 0 Å². The molecule has 0 aliphatic heterocycles. The van der Waals surface area contributed by atoms with Gasteiger partial charge in [-0.1, -0.05) is 46.8 Å². The first-order chi connectivity index (χ1) is 9.74. The Kier molecular flexibility index (Phi) is 3.35. The van der Waals surface area contributed by atoms with Crippen LogP contribution in [0, 0.1) is 6.92 Å². The number of fused-ring (bicyclic) bond motifs is 1. The topological polar surface area (TPSA) is 60.2 Å². The molecule has 1 unspecified atom stereocenters. The van der Waals surface area contributed by atoms with E-state index in [2.05, 4.69) is 10.3 Å². The number of aromatic nitrogens is 3. The average molecular weight is 269 g/mol. The first-order valence-electron chi connectivity index (χ1n) is 6.42. The van der Waals surface area contributed by atoms with Crippen molar-refractivity contribution in [3.8, 4) is 0 Å². The quantitative estimate of drug-likeness (QED) is 0.786. The molecule has 3 rings (SSSR count). The molecular weight excluding hydrogens is 254 g/mol. The summed E-state index contributed by atoms with van der Waals surface area (Å²) >= 11 is 0. The van der Waals surface area contributed by atoms with Crippen LogP contribution in [0.3, 0.4) is 0 Å². The molecule has 0 spiro atoms. The van der Waals surface area contributed by atoms with Crippen LogP contribution < -0.4 is 4.84 Å². The fourth-order valence-corrected chi connectivity index (χ4v) is 1.97. The van der Waals surface area contributed by atoms with Crippen LogP contribution in [0.1, 0.15) is 17.2 Å². The van der Waals surface area contributed by atoms with Crippen molar-refractivity contribution >= 4 is 11.0 Å². The van der Waals surface area contributed by atoms with E-state index in [1.165, 1.54) is 4.85 Å². The van der Waals surface area contributed by atoms with Gasteiger partial charge in [0.2, 0.25) is 0 Å². The zero-order chi connectivity index (χ0) is 13.9. The number of aliphatic hydroxyl groups is 1. The van der Waals surface area contributed by atoms with Gasteiger partial charge in [-0.05, 0) is 29.8 Å². The summed E-state index contributed by atoms with van der Waals surface area (Å²) in [6.45, 7) is 2.13. The van der Waals surface area contributed by atoms with Gasteiger partial charge in [-0.2, -0.15) is 0 Å². The zero-order valence-corrected chi connectivity index (χ0v) is 11.1. The highest BCUT2D eigenvalue weighted by molar-refractivity contribution is 5.73. The Balaban J connectivity index is 1.71. The molecule has 1 heterocycles. The molecule has 0 aliphatic rings. The summed E-state index contributed by atoms with van der Waals surface area (Å²) < 4.78 is 0. The number of nitrogens with zero attached hydrogens (tertiary/aromatic N) is 3. The van der Waals surface area contributed by atoms with Crippen molar-refractivity contribution in [2.75, 3.05) is 6.61 Å². The fourth-order valence-electron chi connectivity index (χ4n) is 1.97. The predicted molar refractivity (Wildman–Crippen MR) is 75.1 cm³/mol. The first-order valence-corrected chi connectivity index (χ1v) is 6.42. The number of hydrogen-bond acceptors (Lipinski definition) is 4. The number of benzene rings is 2. The van der Waals surface area contributed by atoms with Gasteiger partial charge in [0.25, 0.3) is 0 Å². The third kappa shape index (κ3) is 2.48. The second kappa shape index (κ2) is 5.30. The third-order valence-electron chi connectivity index (χ3n) is 3.14. The molecule has 0 saturated heterocycles. The van der Waals surface area contributed by atoms with E-state index in [0.29, 0.717) is 0 Å². The van der Waals surface area contributed by atoms with E-state index in [9.17, 15) is 5.11 Å². The minimum absolute atomic E-state index is 0.121. The average Bonchev–Trinajstić information content (AvgIpc) is 2.89. The van der Waals surface area contributed by atoms with Gasteiger partial charge < -0.3 is 9.94 Å². The summed E-state index contributed by atoms with van der Waals surface area (Å²) in [4.78, 5) is 6.84. The summed E-state index contributed by atoms with van der Waals surface area (Å²) in [6, 6.07) is 15.2. The van der Waals surface area contributed by atoms with Crippen LogP contribution in [-0.2, 0) is 0 Å². The molecular formula is C15H15N3O2. The van der Waals surface area contributed by atoms with E-state index in [1.807, 2.05) is 55.5 Å². The van der Waals surface area contributed by atoms with Gasteiger partial charge in [0.15, 0.2) is 0 Å². The first kappa shape index (κ1) is 12.6. The van der Waals surface area contributed by atoms with E-state index in [1.54, 1.807) is 0 Å². The Labute approximate surface area is 116 Å². The van der Waals surface area contributed by atoms with Crippen LogP contribution in [0.15, 0.2) is 48.5 Å². The minimum atomic E-state index is -0.696. The molecule has 1 atom stereocenters. The van der Waals surface area contributed by atoms with Gasteiger partial charge in [-0.15, -0.1) is 5.10 Å². The van der Waals surface area contributed by atoms with E-state index in [-0.39, 0.29) is 6.61 Å². The Morgan fingerprint density at radius 1 is 1.15 bits per heavy atom. The maximum Gasteiger partial charge on any atom is 0.147 e. The summed E-state index contributed by atoms with van der Waals surface area (Å²) in [5.41, 5.74) is 3.52. The van der Waals surface area contributed by atoms with Gasteiger partial charge >= 0.3 is 0 Å². The zero-order valence-electron chi connectivity index (χ0n) is 11.1. The van der Waals surface area contributed by atoms with Crippen molar-refractivity contribution < 1.29 is 9.94 Å². The molecule has 3 aromatic rings. The number of hydrogen-bond donors (Lipinski definition) is 1. The normalized spacial score (nSPS) is 12.5. The lowest BCUT2D eigenvalue weighted by atomic mass is 10.1. The monoisotopic (exact) mass is 269 g/mol. The van der Waals surface area contributed by atoms with Crippen LogP contribution in [-0.4, -0.2) is 26.9 Å². The van der Waals surface area contributed by atoms with Crippen molar-refractivity contribution in [1.29, 1.82) is 0 Å². The Morgan fingerprint density at radius 2 is 1.90 bits per heavy atom. The molecule has 0 aliphatic carbocycles. The lowest BCUT2D eigenvalue weighted by Crippen LogP contribution is -2.19. The molecule has 0 fully saturated rings. The number of rotatable bonds is 4. The third-order valence-corrected chi connectivity index (χ3v) is 3.14. The molecule has 0 radical (unpaired) electrons. The van der Waals surface area contributed by atoms with Crippen LogP contribution in [0.4, 0.5) is 0 Å².